The van der Waals surface area contributed by atoms with Crippen LogP contribution in [0.15, 0.2) is 0 Å². The van der Waals surface area contributed by atoms with Crippen LogP contribution in [0.5, 0.6) is 0 Å². The first kappa shape index (κ1) is 13.4. The number of carbonyl (C=O) groups excluding carboxylic acids is 1. The van der Waals surface area contributed by atoms with Crippen LogP contribution in [0, 0.1) is 0 Å². The van der Waals surface area contributed by atoms with Crippen LogP contribution in [0.1, 0.15) is 20.3 Å². The number of esters is 1. The van der Waals surface area contributed by atoms with Crippen molar-refractivity contribution in [3.05, 3.63) is 0 Å². The molecule has 0 aromatic carbocycles. The molecular weight excluding hydrogens is 186 g/mol. The van der Waals surface area contributed by atoms with E-state index in [-0.39, 0.29) is 37.7 Å². The molecule has 1 unspecified atom stereocenters. The molecule has 0 spiro atoms. The summed E-state index contributed by atoms with van der Waals surface area (Å²) in [5.41, 5.74) is 0. The van der Waals surface area contributed by atoms with E-state index in [1.807, 2.05) is 0 Å². The topological polar surface area (TPSA) is 78.8 Å². The van der Waals surface area contributed by atoms with E-state index in [1.165, 1.54) is 0 Å². The fourth-order valence-electron chi connectivity index (χ4n) is 1.09. The van der Waals surface area contributed by atoms with Crippen LogP contribution in [0.25, 0.3) is 0 Å². The summed E-state index contributed by atoms with van der Waals surface area (Å²) in [6.45, 7) is 3.62. The van der Waals surface area contributed by atoms with Crippen molar-refractivity contribution in [2.75, 3.05) is 19.8 Å². The minimum Gasteiger partial charge on any atom is -0.466 e. The van der Waals surface area contributed by atoms with Crippen molar-refractivity contribution in [2.24, 2.45) is 0 Å². The lowest BCUT2D eigenvalue weighted by molar-refractivity contribution is -0.143. The predicted octanol–water partition coefficient (Wildman–Crippen LogP) is -0.729. The molecule has 0 radical (unpaired) electrons. The average Bonchev–Trinajstić information content (AvgIpc) is 2.14. The Balaban J connectivity index is 3.72. The summed E-state index contributed by atoms with van der Waals surface area (Å²) in [4.78, 5) is 11.0. The Kier molecular flexibility index (Phi) is 7.37. The molecule has 0 saturated heterocycles. The van der Waals surface area contributed by atoms with Crippen molar-refractivity contribution in [1.29, 1.82) is 0 Å². The lowest BCUT2D eigenvalue weighted by Crippen LogP contribution is -2.42. The monoisotopic (exact) mass is 205 g/mol. The molecule has 0 aliphatic heterocycles. The molecule has 0 bridgehead atoms. The van der Waals surface area contributed by atoms with Gasteiger partial charge in [-0.15, -0.1) is 0 Å². The first-order valence-corrected chi connectivity index (χ1v) is 4.77. The normalized spacial score (nSPS) is 12.9. The van der Waals surface area contributed by atoms with Crippen molar-refractivity contribution in [3.63, 3.8) is 0 Å². The van der Waals surface area contributed by atoms with Gasteiger partial charge >= 0.3 is 5.97 Å². The molecule has 5 heteroatoms. The largest absolute Gasteiger partial charge is 0.466 e. The van der Waals surface area contributed by atoms with Crippen molar-refractivity contribution >= 4 is 5.97 Å². The third-order valence-corrected chi connectivity index (χ3v) is 1.74. The lowest BCUT2D eigenvalue weighted by atomic mass is 10.2. The minimum absolute atomic E-state index is 0.113. The maximum absolute atomic E-state index is 11.0. The number of ether oxygens (including phenoxy) is 1. The fourth-order valence-corrected chi connectivity index (χ4v) is 1.09. The molecule has 0 saturated carbocycles. The zero-order valence-electron chi connectivity index (χ0n) is 8.69. The molecule has 0 aliphatic rings. The van der Waals surface area contributed by atoms with Gasteiger partial charge in [0.05, 0.1) is 32.3 Å². The zero-order valence-corrected chi connectivity index (χ0v) is 8.69. The molecule has 84 valence electrons. The third kappa shape index (κ3) is 5.90. The van der Waals surface area contributed by atoms with Crippen LogP contribution in [-0.2, 0) is 9.53 Å². The van der Waals surface area contributed by atoms with Crippen LogP contribution in [-0.4, -0.2) is 48.1 Å². The van der Waals surface area contributed by atoms with Gasteiger partial charge in [0.25, 0.3) is 0 Å². The van der Waals surface area contributed by atoms with E-state index in [9.17, 15) is 4.79 Å². The highest BCUT2D eigenvalue weighted by atomic mass is 16.5. The van der Waals surface area contributed by atoms with Crippen LogP contribution in [0.4, 0.5) is 0 Å². The van der Waals surface area contributed by atoms with E-state index in [2.05, 4.69) is 5.32 Å². The molecule has 1 atom stereocenters. The summed E-state index contributed by atoms with van der Waals surface area (Å²) in [6, 6.07) is -0.488. The maximum Gasteiger partial charge on any atom is 0.307 e. The van der Waals surface area contributed by atoms with Crippen LogP contribution >= 0.6 is 0 Å². The second-order valence-electron chi connectivity index (χ2n) is 3.14. The number of nitrogens with one attached hydrogen (secondary N) is 1. The summed E-state index contributed by atoms with van der Waals surface area (Å²) >= 11 is 0. The number of aliphatic hydroxyl groups excluding tert-OH is 2. The molecule has 0 fully saturated rings. The molecule has 0 aromatic rings. The van der Waals surface area contributed by atoms with Crippen LogP contribution in [0.2, 0.25) is 0 Å². The molecule has 0 aromatic heterocycles. The lowest BCUT2D eigenvalue weighted by Gasteiger charge is -2.18. The average molecular weight is 205 g/mol. The smallest absolute Gasteiger partial charge is 0.307 e. The number of carbonyl (C=O) groups is 1. The van der Waals surface area contributed by atoms with E-state index >= 15 is 0 Å². The van der Waals surface area contributed by atoms with Crippen molar-refractivity contribution in [3.8, 4) is 0 Å². The summed E-state index contributed by atoms with van der Waals surface area (Å²) in [6.07, 6.45) is 0.240. The minimum atomic E-state index is -0.376. The standard InChI is InChI=1S/C9H19NO4/c1-3-14-9(13)4-7(2)10-8(5-11)6-12/h7-8,10-12H,3-6H2,1-2H3. The second-order valence-corrected chi connectivity index (χ2v) is 3.14. The molecule has 0 rings (SSSR count). The van der Waals surface area contributed by atoms with E-state index in [4.69, 9.17) is 14.9 Å². The first-order chi connectivity index (χ1) is 6.63. The molecular formula is C9H19NO4. The Morgan fingerprint density at radius 3 is 2.43 bits per heavy atom. The SMILES string of the molecule is CCOC(=O)CC(C)NC(CO)CO. The van der Waals surface area contributed by atoms with Gasteiger partial charge in [0, 0.05) is 6.04 Å². The molecule has 5 nitrogen and oxygen atoms in total. The van der Waals surface area contributed by atoms with Gasteiger partial charge < -0.3 is 20.3 Å². The number of aliphatic hydroxyl groups is 2. The zero-order chi connectivity index (χ0) is 11.0. The number of hydrogen-bond acceptors (Lipinski definition) is 5. The maximum atomic E-state index is 11.0. The van der Waals surface area contributed by atoms with E-state index in [0.717, 1.165) is 0 Å². The Morgan fingerprint density at radius 1 is 1.43 bits per heavy atom. The summed E-state index contributed by atoms with van der Waals surface area (Å²) in [5.74, 6) is -0.276. The quantitative estimate of drug-likeness (QED) is 0.478. The van der Waals surface area contributed by atoms with Gasteiger partial charge in [-0.05, 0) is 13.8 Å². The highest BCUT2D eigenvalue weighted by Gasteiger charge is 2.13. The van der Waals surface area contributed by atoms with Crippen LogP contribution in [0.3, 0.4) is 0 Å². The Hall–Kier alpha value is -0.650. The Labute approximate surface area is 84.1 Å². The summed E-state index contributed by atoms with van der Waals surface area (Å²) in [5, 5.41) is 20.5. The van der Waals surface area contributed by atoms with E-state index in [1.54, 1.807) is 13.8 Å². The van der Waals surface area contributed by atoms with Gasteiger partial charge in [-0.2, -0.15) is 0 Å². The Morgan fingerprint density at radius 2 is 2.00 bits per heavy atom. The third-order valence-electron chi connectivity index (χ3n) is 1.74. The fraction of sp³-hybridized carbons (Fsp3) is 0.889. The van der Waals surface area contributed by atoms with Gasteiger partial charge in [-0.25, -0.2) is 0 Å². The van der Waals surface area contributed by atoms with Gasteiger partial charge in [-0.1, -0.05) is 0 Å². The van der Waals surface area contributed by atoms with Gasteiger partial charge in [-0.3, -0.25) is 4.79 Å². The molecule has 3 N–H and O–H groups in total. The van der Waals surface area contributed by atoms with Crippen molar-refractivity contribution < 1.29 is 19.7 Å². The Bertz CT molecular complexity index is 159. The van der Waals surface area contributed by atoms with E-state index in [0.29, 0.717) is 6.61 Å². The van der Waals surface area contributed by atoms with Gasteiger partial charge in [0.15, 0.2) is 0 Å². The highest BCUT2D eigenvalue weighted by Crippen LogP contribution is 1.95. The second kappa shape index (κ2) is 7.73. The van der Waals surface area contributed by atoms with Gasteiger partial charge in [0.2, 0.25) is 0 Å². The number of rotatable bonds is 7. The van der Waals surface area contributed by atoms with Crippen LogP contribution < -0.4 is 5.32 Å². The first-order valence-electron chi connectivity index (χ1n) is 4.77. The summed E-state index contributed by atoms with van der Waals surface area (Å²) in [7, 11) is 0. The van der Waals surface area contributed by atoms with E-state index < -0.39 is 0 Å². The van der Waals surface area contributed by atoms with Crippen molar-refractivity contribution in [1.82, 2.24) is 5.32 Å². The molecule has 0 heterocycles. The summed E-state index contributed by atoms with van der Waals surface area (Å²) < 4.78 is 4.76. The molecule has 14 heavy (non-hydrogen) atoms. The van der Waals surface area contributed by atoms with Gasteiger partial charge in [0.1, 0.15) is 0 Å². The predicted molar refractivity (Wildman–Crippen MR) is 51.8 cm³/mol. The highest BCUT2D eigenvalue weighted by molar-refractivity contribution is 5.70. The number of hydrogen-bond donors (Lipinski definition) is 3. The molecule has 0 amide bonds. The van der Waals surface area contributed by atoms with Crippen molar-refractivity contribution in [2.45, 2.75) is 32.4 Å². The molecule has 0 aliphatic carbocycles.